The minimum atomic E-state index is -0.542. The van der Waals surface area contributed by atoms with Gasteiger partial charge in [0.2, 0.25) is 0 Å². The number of H-pyrrole nitrogens is 1. The van der Waals surface area contributed by atoms with E-state index in [2.05, 4.69) is 4.98 Å². The van der Waals surface area contributed by atoms with Crippen LogP contribution in [0.25, 0.3) is 10.9 Å². The molecule has 3 rings (SSSR count). The molecule has 0 saturated heterocycles. The Balaban J connectivity index is 1.99. The molecule has 1 N–H and O–H groups in total. The maximum Gasteiger partial charge on any atom is 0.193 e. The number of hydrogen-bond acceptors (Lipinski definition) is 2. The quantitative estimate of drug-likeness (QED) is 0.797. The first kappa shape index (κ1) is 12.4. The Morgan fingerprint density at radius 2 is 2.00 bits per heavy atom. The van der Waals surface area contributed by atoms with E-state index in [-0.39, 0.29) is 34.9 Å². The predicted octanol–water partition coefficient (Wildman–Crippen LogP) is 3.90. The smallest absolute Gasteiger partial charge is 0.193 e. The van der Waals surface area contributed by atoms with Crippen LogP contribution in [0.1, 0.15) is 6.93 Å². The molecule has 0 unspecified atom stereocenters. The van der Waals surface area contributed by atoms with Crippen molar-refractivity contribution in [2.75, 3.05) is 0 Å². The summed E-state index contributed by atoms with van der Waals surface area (Å²) in [5.74, 6) is -0.397. The third-order valence-corrected chi connectivity index (χ3v) is 3.28. The van der Waals surface area contributed by atoms with Gasteiger partial charge in [0.05, 0.1) is 12.3 Å². The van der Waals surface area contributed by atoms with Crippen LogP contribution in [0.5, 0.6) is 5.75 Å². The molecule has 3 nitrogen and oxygen atoms in total. The fourth-order valence-electron chi connectivity index (χ4n) is 2.04. The van der Waals surface area contributed by atoms with Crippen molar-refractivity contribution < 1.29 is 10.5 Å². The average Bonchev–Trinajstić information content (AvgIpc) is 2.45. The van der Waals surface area contributed by atoms with Gasteiger partial charge in [0.25, 0.3) is 0 Å². The number of nitrogens with one attached hydrogen (secondary N) is 1. The van der Waals surface area contributed by atoms with E-state index >= 15 is 0 Å². The second-order valence-electron chi connectivity index (χ2n) is 4.52. The molecule has 0 aliphatic carbocycles. The van der Waals surface area contributed by atoms with E-state index in [1.165, 1.54) is 6.07 Å². The first-order valence-corrected chi connectivity index (χ1v) is 6.61. The summed E-state index contributed by atoms with van der Waals surface area (Å²) in [6, 6.07) is 10.5. The number of hydrogen-bond donors (Lipinski definition) is 1. The minimum Gasteiger partial charge on any atom is -0.488 e. The van der Waals surface area contributed by atoms with Crippen LogP contribution in [-0.4, -0.2) is 4.98 Å². The van der Waals surface area contributed by atoms with E-state index in [0.717, 1.165) is 17.7 Å². The molecule has 106 valence electrons. The SMILES string of the molecule is [2H]c1cc(=O)c2c(OCc3ccc(Cl)cc3)cc(F)cc2[nH]1. The van der Waals surface area contributed by atoms with Crippen LogP contribution in [0.3, 0.4) is 0 Å². The molecule has 0 aliphatic heterocycles. The van der Waals surface area contributed by atoms with Gasteiger partial charge in [-0.25, -0.2) is 4.39 Å². The van der Waals surface area contributed by atoms with Gasteiger partial charge in [0, 0.05) is 23.3 Å². The molecule has 1 heterocycles. The highest BCUT2D eigenvalue weighted by molar-refractivity contribution is 6.30. The largest absolute Gasteiger partial charge is 0.488 e. The lowest BCUT2D eigenvalue weighted by Crippen LogP contribution is -2.05. The molecule has 3 aromatic rings. The number of benzene rings is 2. The van der Waals surface area contributed by atoms with Crippen molar-refractivity contribution in [3.05, 3.63) is 75.3 Å². The van der Waals surface area contributed by atoms with Gasteiger partial charge in [-0.2, -0.15) is 0 Å². The number of ether oxygens (including phenoxy) is 1. The normalized spacial score (nSPS) is 11.4. The van der Waals surface area contributed by atoms with E-state index in [1.54, 1.807) is 24.3 Å². The third-order valence-electron chi connectivity index (χ3n) is 3.03. The summed E-state index contributed by atoms with van der Waals surface area (Å²) in [5, 5.41) is 0.839. The van der Waals surface area contributed by atoms with Gasteiger partial charge in [0.15, 0.2) is 5.43 Å². The fraction of sp³-hybridized carbons (Fsp3) is 0.0625. The minimum absolute atomic E-state index is 0.0771. The van der Waals surface area contributed by atoms with Gasteiger partial charge in [-0.05, 0) is 23.8 Å². The van der Waals surface area contributed by atoms with Crippen molar-refractivity contribution in [1.82, 2.24) is 4.98 Å². The number of pyridine rings is 1. The topological polar surface area (TPSA) is 42.1 Å². The van der Waals surface area contributed by atoms with Gasteiger partial charge in [0.1, 0.15) is 18.2 Å². The molecule has 0 bridgehead atoms. The first-order chi connectivity index (χ1) is 10.5. The Hall–Kier alpha value is -2.33. The summed E-state index contributed by atoms with van der Waals surface area (Å²) in [6.45, 7) is 0.178. The van der Waals surface area contributed by atoms with Crippen molar-refractivity contribution in [1.29, 1.82) is 0 Å². The number of aromatic amines is 1. The van der Waals surface area contributed by atoms with Crippen LogP contribution in [-0.2, 0) is 6.61 Å². The molecular weight excluding hydrogens is 293 g/mol. The Kier molecular flexibility index (Phi) is 3.30. The molecule has 0 spiro atoms. The van der Waals surface area contributed by atoms with Gasteiger partial charge in [-0.1, -0.05) is 23.7 Å². The zero-order valence-corrected chi connectivity index (χ0v) is 11.6. The maximum atomic E-state index is 13.7. The lowest BCUT2D eigenvalue weighted by atomic mass is 10.2. The number of halogens is 2. The van der Waals surface area contributed by atoms with Crippen molar-refractivity contribution in [3.63, 3.8) is 0 Å². The Labute approximate surface area is 126 Å². The zero-order chi connectivity index (χ0) is 15.7. The highest BCUT2D eigenvalue weighted by Gasteiger charge is 2.09. The van der Waals surface area contributed by atoms with E-state index in [0.29, 0.717) is 5.02 Å². The summed E-state index contributed by atoms with van der Waals surface area (Å²) in [7, 11) is 0. The fourth-order valence-corrected chi connectivity index (χ4v) is 2.17. The second-order valence-corrected chi connectivity index (χ2v) is 4.96. The number of fused-ring (bicyclic) bond motifs is 1. The molecule has 0 atom stereocenters. The van der Waals surface area contributed by atoms with Gasteiger partial charge in [-0.15, -0.1) is 0 Å². The van der Waals surface area contributed by atoms with Crippen molar-refractivity contribution in [2.45, 2.75) is 6.61 Å². The number of aromatic nitrogens is 1. The van der Waals surface area contributed by atoms with E-state index < -0.39 is 5.82 Å². The maximum absolute atomic E-state index is 13.7. The van der Waals surface area contributed by atoms with Crippen LogP contribution in [0.4, 0.5) is 4.39 Å². The Bertz CT molecular complexity index is 888. The molecule has 0 saturated carbocycles. The monoisotopic (exact) mass is 304 g/mol. The molecular formula is C16H11ClFNO2. The lowest BCUT2D eigenvalue weighted by Gasteiger charge is -2.09. The van der Waals surface area contributed by atoms with Crippen molar-refractivity contribution in [2.24, 2.45) is 0 Å². The molecule has 0 amide bonds. The molecule has 0 aliphatic rings. The first-order valence-electron chi connectivity index (χ1n) is 6.73. The van der Waals surface area contributed by atoms with E-state index in [1.807, 2.05) is 0 Å². The van der Waals surface area contributed by atoms with E-state index in [9.17, 15) is 9.18 Å². The third kappa shape index (κ3) is 2.90. The van der Waals surface area contributed by atoms with Crippen molar-refractivity contribution >= 4 is 22.5 Å². The highest BCUT2D eigenvalue weighted by Crippen LogP contribution is 2.24. The van der Waals surface area contributed by atoms with Crippen LogP contribution in [0.2, 0.25) is 5.02 Å². The van der Waals surface area contributed by atoms with Crippen LogP contribution >= 0.6 is 11.6 Å². The molecule has 2 aromatic carbocycles. The summed E-state index contributed by atoms with van der Waals surface area (Å²) < 4.78 is 26.7. The molecule has 0 fully saturated rings. The zero-order valence-electron chi connectivity index (χ0n) is 11.8. The van der Waals surface area contributed by atoms with E-state index in [4.69, 9.17) is 17.7 Å². The Morgan fingerprint density at radius 1 is 1.24 bits per heavy atom. The highest BCUT2D eigenvalue weighted by atomic mass is 35.5. The predicted molar refractivity (Wildman–Crippen MR) is 80.3 cm³/mol. The van der Waals surface area contributed by atoms with Gasteiger partial charge < -0.3 is 9.72 Å². The van der Waals surface area contributed by atoms with Crippen LogP contribution < -0.4 is 10.2 Å². The summed E-state index contributed by atoms with van der Waals surface area (Å²) in [5.41, 5.74) is 0.698. The Morgan fingerprint density at radius 3 is 2.76 bits per heavy atom. The lowest BCUT2D eigenvalue weighted by molar-refractivity contribution is 0.308. The second kappa shape index (κ2) is 5.58. The van der Waals surface area contributed by atoms with Crippen molar-refractivity contribution in [3.8, 4) is 5.75 Å². The summed E-state index contributed by atoms with van der Waals surface area (Å²) in [6.07, 6.45) is -0.0771. The van der Waals surface area contributed by atoms with Gasteiger partial charge in [-0.3, -0.25) is 4.79 Å². The van der Waals surface area contributed by atoms with Crippen LogP contribution in [0, 0.1) is 5.82 Å². The summed E-state index contributed by atoms with van der Waals surface area (Å²) >= 11 is 5.81. The molecule has 5 heteroatoms. The number of rotatable bonds is 3. The average molecular weight is 305 g/mol. The van der Waals surface area contributed by atoms with Gasteiger partial charge >= 0.3 is 0 Å². The van der Waals surface area contributed by atoms with Crippen LogP contribution in [0.15, 0.2) is 53.4 Å². The molecule has 0 radical (unpaired) electrons. The standard InChI is InChI=1S/C16H11ClFNO2/c17-11-3-1-10(2-4-11)9-21-15-8-12(18)7-13-16(15)14(20)5-6-19-13/h1-8H,9H2,(H,19,20)/i6D. The summed E-state index contributed by atoms with van der Waals surface area (Å²) in [4.78, 5) is 14.7. The molecule has 1 aromatic heterocycles. The molecule has 21 heavy (non-hydrogen) atoms.